The molecule has 4 heteroatoms. The maximum absolute atomic E-state index is 11.8. The maximum atomic E-state index is 11.8. The number of halogens is 3. The molecule has 0 aromatic heterocycles. The van der Waals surface area contributed by atoms with Crippen molar-refractivity contribution in [1.82, 2.24) is 5.12 Å². The highest BCUT2D eigenvalue weighted by Gasteiger charge is 2.21. The Hall–Kier alpha value is -0.670. The smallest absolute Gasteiger partial charge is 0.207 e. The summed E-state index contributed by atoms with van der Waals surface area (Å²) in [6.07, 6.45) is -0.150. The number of nitrogens with zero attached hydrogens (tertiary/aromatic N) is 1. The van der Waals surface area contributed by atoms with Crippen LogP contribution in [-0.4, -0.2) is 11.7 Å². The molecule has 1 nitrogen and oxygen atoms in total. The van der Waals surface area contributed by atoms with Crippen molar-refractivity contribution < 1.29 is 13.3 Å². The fraction of sp³-hybridized carbons (Fsp3) is 0.500. The van der Waals surface area contributed by atoms with Crippen molar-refractivity contribution in [3.8, 4) is 0 Å². The lowest BCUT2D eigenvalue weighted by Gasteiger charge is -1.98. The third-order valence-electron chi connectivity index (χ3n) is 0.964. The van der Waals surface area contributed by atoms with Crippen LogP contribution in [0.25, 0.3) is 0 Å². The van der Waals surface area contributed by atoms with Gasteiger partial charge in [0.2, 0.25) is 5.95 Å². The first kappa shape index (κ1) is 5.47. The molecule has 0 spiro atoms. The summed E-state index contributed by atoms with van der Waals surface area (Å²) >= 11 is 0. The molecule has 0 N–H and O–H groups in total. The Morgan fingerprint density at radius 2 is 2.00 bits per heavy atom. The fourth-order valence-electron chi connectivity index (χ4n) is 0.529. The molecule has 1 rings (SSSR count). The Labute approximate surface area is 44.3 Å². The zero-order valence-electron chi connectivity index (χ0n) is 4.00. The molecule has 0 amide bonds. The van der Waals surface area contributed by atoms with Gasteiger partial charge in [-0.2, -0.15) is 9.51 Å². The highest BCUT2D eigenvalue weighted by Crippen LogP contribution is 2.24. The van der Waals surface area contributed by atoms with Crippen LogP contribution in [0.2, 0.25) is 0 Å². The van der Waals surface area contributed by atoms with Gasteiger partial charge in [-0.1, -0.05) is 4.48 Å². The Morgan fingerprint density at radius 1 is 1.38 bits per heavy atom. The first-order valence-electron chi connectivity index (χ1n) is 2.19. The van der Waals surface area contributed by atoms with Gasteiger partial charge in [0.25, 0.3) is 0 Å². The second-order valence-corrected chi connectivity index (χ2v) is 1.53. The Kier molecular flexibility index (Phi) is 1.15. The van der Waals surface area contributed by atoms with E-state index in [4.69, 9.17) is 0 Å². The van der Waals surface area contributed by atoms with Gasteiger partial charge in [0.1, 0.15) is 0 Å². The maximum Gasteiger partial charge on any atom is 0.249 e. The molecule has 0 fully saturated rings. The molecule has 0 atom stereocenters. The molecule has 0 unspecified atom stereocenters. The molecule has 0 aromatic rings. The molecule has 0 radical (unpaired) electrons. The van der Waals surface area contributed by atoms with E-state index in [1.165, 1.54) is 0 Å². The summed E-state index contributed by atoms with van der Waals surface area (Å²) in [5.41, 5.74) is 0. The van der Waals surface area contributed by atoms with Crippen LogP contribution in [0, 0.1) is 0 Å². The molecule has 0 saturated carbocycles. The van der Waals surface area contributed by atoms with Gasteiger partial charge in [-0.3, -0.25) is 0 Å². The van der Waals surface area contributed by atoms with Crippen LogP contribution in [0.4, 0.5) is 13.3 Å². The number of hydrogen-bond donors (Lipinski definition) is 0. The third-order valence-corrected chi connectivity index (χ3v) is 0.964. The second kappa shape index (κ2) is 1.69. The summed E-state index contributed by atoms with van der Waals surface area (Å²) in [6, 6.07) is 0. The summed E-state index contributed by atoms with van der Waals surface area (Å²) in [7, 11) is 0. The summed E-state index contributed by atoms with van der Waals surface area (Å²) in [6.45, 7) is -0.197. The molecule has 0 saturated heterocycles. The highest BCUT2D eigenvalue weighted by atomic mass is 19.2. The van der Waals surface area contributed by atoms with Gasteiger partial charge in [-0.25, -0.2) is 4.39 Å². The van der Waals surface area contributed by atoms with Gasteiger partial charge in [0.15, 0.2) is 5.83 Å². The third kappa shape index (κ3) is 0.657. The first-order valence-corrected chi connectivity index (χ1v) is 2.19. The Balaban J connectivity index is 2.71. The minimum absolute atomic E-state index is 0.150. The predicted molar refractivity (Wildman–Crippen MR) is 21.7 cm³/mol. The summed E-state index contributed by atoms with van der Waals surface area (Å²) < 4.78 is 35.3. The zero-order chi connectivity index (χ0) is 6.15. The van der Waals surface area contributed by atoms with Crippen molar-refractivity contribution in [2.24, 2.45) is 0 Å². The van der Waals surface area contributed by atoms with Crippen LogP contribution in [0.3, 0.4) is 0 Å². The van der Waals surface area contributed by atoms with Crippen LogP contribution in [-0.2, 0) is 0 Å². The molecular formula is C4H4F3N. The van der Waals surface area contributed by atoms with Crippen LogP contribution in [0.1, 0.15) is 6.42 Å². The van der Waals surface area contributed by atoms with Gasteiger partial charge in [0.05, 0.1) is 6.54 Å². The summed E-state index contributed by atoms with van der Waals surface area (Å²) in [5.74, 6) is -2.36. The van der Waals surface area contributed by atoms with Crippen LogP contribution < -0.4 is 0 Å². The minimum atomic E-state index is -1.37. The summed E-state index contributed by atoms with van der Waals surface area (Å²) in [4.78, 5) is 0. The van der Waals surface area contributed by atoms with E-state index in [1.54, 1.807) is 0 Å². The van der Waals surface area contributed by atoms with Crippen molar-refractivity contribution in [1.29, 1.82) is 0 Å². The van der Waals surface area contributed by atoms with Crippen molar-refractivity contribution in [2.75, 3.05) is 6.54 Å². The van der Waals surface area contributed by atoms with Crippen LogP contribution in [0.15, 0.2) is 11.8 Å². The molecule has 1 aliphatic rings. The average molecular weight is 123 g/mol. The lowest BCUT2D eigenvalue weighted by Crippen LogP contribution is -2.03. The molecule has 1 aliphatic heterocycles. The number of rotatable bonds is 0. The summed E-state index contributed by atoms with van der Waals surface area (Å²) in [5, 5.41) is -0.241. The van der Waals surface area contributed by atoms with E-state index in [0.29, 0.717) is 0 Å². The fourth-order valence-corrected chi connectivity index (χ4v) is 0.529. The van der Waals surface area contributed by atoms with E-state index in [-0.39, 0.29) is 18.1 Å². The Morgan fingerprint density at radius 3 is 2.12 bits per heavy atom. The molecule has 46 valence electrons. The first-order chi connectivity index (χ1) is 3.72. The van der Waals surface area contributed by atoms with E-state index in [1.807, 2.05) is 0 Å². The lowest BCUT2D eigenvalue weighted by atomic mass is 10.4. The Bertz CT molecular complexity index is 131. The minimum Gasteiger partial charge on any atom is -0.207 e. The average Bonchev–Trinajstić information content (AvgIpc) is 1.98. The van der Waals surface area contributed by atoms with E-state index in [2.05, 4.69) is 0 Å². The van der Waals surface area contributed by atoms with Crippen molar-refractivity contribution in [3.05, 3.63) is 11.8 Å². The van der Waals surface area contributed by atoms with Crippen molar-refractivity contribution in [2.45, 2.75) is 6.42 Å². The topological polar surface area (TPSA) is 3.24 Å². The standard InChI is InChI=1S/C4H4F3N/c5-3-1-2-8(7)4(3)6/h1-2H2. The van der Waals surface area contributed by atoms with Gasteiger partial charge >= 0.3 is 0 Å². The van der Waals surface area contributed by atoms with Crippen LogP contribution >= 0.6 is 0 Å². The van der Waals surface area contributed by atoms with E-state index in [9.17, 15) is 13.3 Å². The van der Waals surface area contributed by atoms with Gasteiger partial charge in [-0.05, 0) is 0 Å². The van der Waals surface area contributed by atoms with E-state index < -0.39 is 11.8 Å². The van der Waals surface area contributed by atoms with Crippen molar-refractivity contribution in [3.63, 3.8) is 0 Å². The van der Waals surface area contributed by atoms with Gasteiger partial charge < -0.3 is 0 Å². The highest BCUT2D eigenvalue weighted by molar-refractivity contribution is 5.03. The van der Waals surface area contributed by atoms with Gasteiger partial charge in [-0.15, -0.1) is 0 Å². The van der Waals surface area contributed by atoms with Crippen LogP contribution in [0.5, 0.6) is 0 Å². The van der Waals surface area contributed by atoms with Gasteiger partial charge in [0, 0.05) is 6.42 Å². The normalized spacial score (nSPS) is 20.6. The number of hydrogen-bond acceptors (Lipinski definition) is 1. The molecule has 0 aromatic carbocycles. The monoisotopic (exact) mass is 123 g/mol. The molecular weight excluding hydrogens is 119 g/mol. The second-order valence-electron chi connectivity index (χ2n) is 1.53. The zero-order valence-corrected chi connectivity index (χ0v) is 4.00. The molecule has 1 heterocycles. The van der Waals surface area contributed by atoms with E-state index in [0.717, 1.165) is 0 Å². The quantitative estimate of drug-likeness (QED) is 0.350. The largest absolute Gasteiger partial charge is 0.249 e. The SMILES string of the molecule is FC1=C(F)N(F)CC1. The lowest BCUT2D eigenvalue weighted by molar-refractivity contribution is 0.0528. The molecule has 0 bridgehead atoms. The molecule has 8 heavy (non-hydrogen) atoms. The van der Waals surface area contributed by atoms with Crippen molar-refractivity contribution >= 4 is 0 Å². The predicted octanol–water partition coefficient (Wildman–Crippen LogP) is 1.68. The van der Waals surface area contributed by atoms with E-state index >= 15 is 0 Å². The molecule has 0 aliphatic carbocycles.